The molecule has 4 rings (SSSR count). The summed E-state index contributed by atoms with van der Waals surface area (Å²) >= 11 is 0. The van der Waals surface area contributed by atoms with Crippen molar-refractivity contribution in [1.29, 1.82) is 0 Å². The van der Waals surface area contributed by atoms with E-state index in [0.29, 0.717) is 41.5 Å². The Balaban J connectivity index is 1.65. The lowest BCUT2D eigenvalue weighted by Crippen LogP contribution is -2.52. The molecule has 0 aliphatic carbocycles. The first kappa shape index (κ1) is 26.7. The Morgan fingerprint density at radius 3 is 2.63 bits per heavy atom. The van der Waals surface area contributed by atoms with Gasteiger partial charge in [0.1, 0.15) is 17.7 Å². The molecule has 0 unspecified atom stereocenters. The predicted octanol–water partition coefficient (Wildman–Crippen LogP) is 4.99. The average molecular weight is 518 g/mol. The number of aliphatic hydroxyl groups excluding tert-OH is 1. The molecule has 0 saturated heterocycles. The van der Waals surface area contributed by atoms with Gasteiger partial charge in [0.2, 0.25) is 5.90 Å². The van der Waals surface area contributed by atoms with E-state index < -0.39 is 11.6 Å². The molecular formula is C28H28FN5O4. The van der Waals surface area contributed by atoms with Crippen LogP contribution in [0.5, 0.6) is 5.75 Å². The van der Waals surface area contributed by atoms with Crippen molar-refractivity contribution in [3.8, 4) is 5.75 Å². The molecule has 2 atom stereocenters. The zero-order valence-corrected chi connectivity index (χ0v) is 20.9. The summed E-state index contributed by atoms with van der Waals surface area (Å²) in [7, 11) is 0. The van der Waals surface area contributed by atoms with Crippen LogP contribution in [0.4, 0.5) is 10.1 Å². The number of halogens is 1. The highest BCUT2D eigenvalue weighted by atomic mass is 19.1. The second kappa shape index (κ2) is 12.2. The fraction of sp³-hybridized carbons (Fsp3) is 0.286. The number of amides is 1. The summed E-state index contributed by atoms with van der Waals surface area (Å²) in [6, 6.07) is 20.0. The lowest BCUT2D eigenvalue weighted by atomic mass is 9.85. The maximum atomic E-state index is 13.8. The third-order valence-electron chi connectivity index (χ3n) is 6.30. The SMILES string of the molecule is C[C@H]1OC(c2ccc(OCCCO)cc2)=N[C@@]1(Cc1ccccc1N=[N+]=[N-])C(=O)NCc1ccc(F)cc1. The molecule has 10 heteroatoms. The number of benzene rings is 3. The second-order valence-corrected chi connectivity index (χ2v) is 8.86. The number of nitrogens with zero attached hydrogens (tertiary/aromatic N) is 4. The van der Waals surface area contributed by atoms with E-state index >= 15 is 0 Å². The fourth-order valence-corrected chi connectivity index (χ4v) is 4.18. The first-order valence-corrected chi connectivity index (χ1v) is 12.2. The predicted molar refractivity (Wildman–Crippen MR) is 141 cm³/mol. The van der Waals surface area contributed by atoms with Crippen LogP contribution < -0.4 is 10.1 Å². The highest BCUT2D eigenvalue weighted by Gasteiger charge is 2.50. The van der Waals surface area contributed by atoms with Crippen LogP contribution in [0.1, 0.15) is 30.0 Å². The number of aliphatic hydroxyl groups is 1. The van der Waals surface area contributed by atoms with Gasteiger partial charge in [0.15, 0.2) is 5.54 Å². The maximum absolute atomic E-state index is 13.8. The van der Waals surface area contributed by atoms with Crippen LogP contribution in [0.15, 0.2) is 82.9 Å². The number of aliphatic imine (C=N–C) groups is 1. The lowest BCUT2D eigenvalue weighted by molar-refractivity contribution is -0.128. The molecule has 0 spiro atoms. The smallest absolute Gasteiger partial charge is 0.252 e. The highest BCUT2D eigenvalue weighted by Crippen LogP contribution is 2.35. The zero-order chi connectivity index (χ0) is 27.0. The summed E-state index contributed by atoms with van der Waals surface area (Å²) in [5.74, 6) is 0.213. The van der Waals surface area contributed by atoms with Gasteiger partial charge in [0, 0.05) is 42.2 Å². The molecule has 196 valence electrons. The largest absolute Gasteiger partial charge is 0.494 e. The van der Waals surface area contributed by atoms with E-state index in [9.17, 15) is 9.18 Å². The average Bonchev–Trinajstić information content (AvgIpc) is 3.26. The molecule has 2 N–H and O–H groups in total. The Bertz CT molecular complexity index is 1340. The van der Waals surface area contributed by atoms with Gasteiger partial charge in [-0.1, -0.05) is 41.5 Å². The monoisotopic (exact) mass is 517 g/mol. The molecule has 1 heterocycles. The Hall–Kier alpha value is -4.40. The second-order valence-electron chi connectivity index (χ2n) is 8.86. The van der Waals surface area contributed by atoms with Crippen molar-refractivity contribution in [2.75, 3.05) is 13.2 Å². The number of ether oxygens (including phenoxy) is 2. The van der Waals surface area contributed by atoms with Gasteiger partial charge in [-0.3, -0.25) is 4.79 Å². The standard InChI is InChI=1S/C28H28FN5O4/c1-19-28(17-22-5-2-3-6-25(22)33-34-30,27(36)31-18-20-7-11-23(29)12-8-20)32-26(38-19)21-9-13-24(14-10-21)37-16-4-15-35/h2-3,5-14,19,35H,4,15-18H2,1H3,(H,31,36)/t19-,28-/m1/s1. The first-order chi connectivity index (χ1) is 18.4. The van der Waals surface area contributed by atoms with Gasteiger partial charge in [-0.05, 0) is 60.0 Å². The molecule has 9 nitrogen and oxygen atoms in total. The van der Waals surface area contributed by atoms with Crippen molar-refractivity contribution in [3.63, 3.8) is 0 Å². The molecular weight excluding hydrogens is 489 g/mol. The van der Waals surface area contributed by atoms with Gasteiger partial charge in [-0.2, -0.15) is 0 Å². The van der Waals surface area contributed by atoms with Crippen LogP contribution in [-0.2, 0) is 22.5 Å². The van der Waals surface area contributed by atoms with E-state index in [4.69, 9.17) is 25.1 Å². The Labute approximate surface area is 219 Å². The van der Waals surface area contributed by atoms with Crippen LogP contribution >= 0.6 is 0 Å². The Morgan fingerprint density at radius 1 is 1.18 bits per heavy atom. The van der Waals surface area contributed by atoms with Crippen LogP contribution in [-0.4, -0.2) is 41.8 Å². The molecule has 1 aliphatic heterocycles. The third kappa shape index (κ3) is 6.11. The number of carbonyl (C=O) groups excluding carboxylic acids is 1. The van der Waals surface area contributed by atoms with Gasteiger partial charge < -0.3 is 19.9 Å². The summed E-state index contributed by atoms with van der Waals surface area (Å²) in [6.07, 6.45) is 0.0113. The number of azide groups is 1. The van der Waals surface area contributed by atoms with Gasteiger partial charge in [-0.15, -0.1) is 0 Å². The summed E-state index contributed by atoms with van der Waals surface area (Å²) in [6.45, 7) is 2.40. The number of hydrogen-bond donors (Lipinski definition) is 2. The fourth-order valence-electron chi connectivity index (χ4n) is 4.18. The van der Waals surface area contributed by atoms with E-state index in [2.05, 4.69) is 15.3 Å². The highest BCUT2D eigenvalue weighted by molar-refractivity contribution is 6.01. The molecule has 1 aliphatic rings. The van der Waals surface area contributed by atoms with Gasteiger partial charge in [-0.25, -0.2) is 9.38 Å². The van der Waals surface area contributed by atoms with Crippen LogP contribution in [0.3, 0.4) is 0 Å². The van der Waals surface area contributed by atoms with Gasteiger partial charge >= 0.3 is 0 Å². The molecule has 3 aromatic rings. The molecule has 1 amide bonds. The summed E-state index contributed by atoms with van der Waals surface area (Å²) < 4.78 is 25.0. The minimum Gasteiger partial charge on any atom is -0.494 e. The number of rotatable bonds is 11. The minimum absolute atomic E-state index is 0.0503. The number of carbonyl (C=O) groups is 1. The van der Waals surface area contributed by atoms with Crippen molar-refractivity contribution >= 4 is 17.5 Å². The Kier molecular flexibility index (Phi) is 8.58. The number of hydrogen-bond acceptors (Lipinski definition) is 6. The van der Waals surface area contributed by atoms with Gasteiger partial charge in [0.05, 0.1) is 6.61 Å². The quantitative estimate of drug-likeness (QED) is 0.161. The molecule has 0 radical (unpaired) electrons. The summed E-state index contributed by atoms with van der Waals surface area (Å²) in [5, 5.41) is 15.6. The normalized spacial score (nSPS) is 18.2. The number of nitrogens with one attached hydrogen (secondary N) is 1. The summed E-state index contributed by atoms with van der Waals surface area (Å²) in [5.41, 5.74) is 10.1. The molecule has 3 aromatic carbocycles. The molecule has 0 fully saturated rings. The van der Waals surface area contributed by atoms with Gasteiger partial charge in [0.25, 0.3) is 5.91 Å². The maximum Gasteiger partial charge on any atom is 0.252 e. The van der Waals surface area contributed by atoms with E-state index in [-0.39, 0.29) is 31.3 Å². The Morgan fingerprint density at radius 2 is 1.92 bits per heavy atom. The molecule has 0 saturated carbocycles. The van der Waals surface area contributed by atoms with Crippen molar-refractivity contribution in [2.24, 2.45) is 10.1 Å². The molecule has 0 bridgehead atoms. The minimum atomic E-state index is -1.35. The summed E-state index contributed by atoms with van der Waals surface area (Å²) in [4.78, 5) is 21.5. The van der Waals surface area contributed by atoms with Crippen LogP contribution in [0.2, 0.25) is 0 Å². The van der Waals surface area contributed by atoms with Crippen molar-refractivity contribution in [2.45, 2.75) is 38.0 Å². The van der Waals surface area contributed by atoms with E-state index in [0.717, 1.165) is 5.56 Å². The van der Waals surface area contributed by atoms with E-state index in [1.54, 1.807) is 67.6 Å². The molecule has 0 aromatic heterocycles. The first-order valence-electron chi connectivity index (χ1n) is 12.2. The van der Waals surface area contributed by atoms with Crippen LogP contribution in [0, 0.1) is 5.82 Å². The van der Waals surface area contributed by atoms with E-state index in [1.807, 2.05) is 0 Å². The third-order valence-corrected chi connectivity index (χ3v) is 6.30. The zero-order valence-electron chi connectivity index (χ0n) is 20.9. The van der Waals surface area contributed by atoms with E-state index in [1.165, 1.54) is 12.1 Å². The van der Waals surface area contributed by atoms with Crippen molar-refractivity contribution in [1.82, 2.24) is 5.32 Å². The van der Waals surface area contributed by atoms with Crippen LogP contribution in [0.25, 0.3) is 10.4 Å². The van der Waals surface area contributed by atoms with Crippen molar-refractivity contribution in [3.05, 3.63) is 106 Å². The molecule has 38 heavy (non-hydrogen) atoms. The lowest BCUT2D eigenvalue weighted by Gasteiger charge is -2.28. The topological polar surface area (TPSA) is 129 Å². The van der Waals surface area contributed by atoms with Crippen molar-refractivity contribution < 1.29 is 23.8 Å².